The largest absolute Gasteiger partial charge is 0.387 e. The minimum Gasteiger partial charge on any atom is -0.387 e. The molecule has 0 amide bonds. The van der Waals surface area contributed by atoms with Gasteiger partial charge in [0, 0.05) is 5.56 Å². The number of rotatable bonds is 3. The number of benzene rings is 1. The van der Waals surface area contributed by atoms with Crippen LogP contribution in [-0.4, -0.2) is 0 Å². The van der Waals surface area contributed by atoms with Crippen molar-refractivity contribution in [1.29, 1.82) is 5.26 Å². The van der Waals surface area contributed by atoms with Gasteiger partial charge in [0.2, 0.25) is 0 Å². The van der Waals surface area contributed by atoms with Gasteiger partial charge >= 0.3 is 0 Å². The first-order valence-corrected chi connectivity index (χ1v) is 7.62. The molecule has 104 valence electrons. The summed E-state index contributed by atoms with van der Waals surface area (Å²) in [6.07, 6.45) is 11.8. The molecule has 0 aromatic heterocycles. The quantitative estimate of drug-likeness (QED) is 0.748. The Balaban J connectivity index is 1.76. The number of hydrogen-bond donors (Lipinski definition) is 0. The molecule has 0 saturated heterocycles. The van der Waals surface area contributed by atoms with Gasteiger partial charge in [0.05, 0.1) is 0 Å². The maximum absolute atomic E-state index is 8.69. The lowest BCUT2D eigenvalue weighted by atomic mass is 9.90. The van der Waals surface area contributed by atoms with Crippen molar-refractivity contribution < 1.29 is 4.74 Å². The molecular formula is C18H21NO. The van der Waals surface area contributed by atoms with E-state index in [0.717, 1.165) is 23.3 Å². The van der Waals surface area contributed by atoms with Gasteiger partial charge < -0.3 is 4.74 Å². The molecule has 3 rings (SSSR count). The number of fused-ring (bicyclic) bond motifs is 1. The molecule has 2 heteroatoms. The standard InChI is InChI=1S/C18H21NO/c1-13-11-15(17-7-4-6-16(13)17)10-9-14-5-2-3-8-18(14)20-12-19/h2-3,5,8-10,13,15-17H,4,6-7,11H2,1H3/b10-9+. The summed E-state index contributed by atoms with van der Waals surface area (Å²) in [4.78, 5) is 0. The molecule has 2 aliphatic rings. The third-order valence-corrected chi connectivity index (χ3v) is 5.15. The van der Waals surface area contributed by atoms with Crippen molar-refractivity contribution in [2.75, 3.05) is 0 Å². The second-order valence-electron chi connectivity index (χ2n) is 6.23. The lowest BCUT2D eigenvalue weighted by Crippen LogP contribution is -2.08. The second kappa shape index (κ2) is 5.71. The van der Waals surface area contributed by atoms with Gasteiger partial charge in [-0.3, -0.25) is 0 Å². The summed E-state index contributed by atoms with van der Waals surface area (Å²) < 4.78 is 5.01. The van der Waals surface area contributed by atoms with E-state index in [2.05, 4.69) is 19.1 Å². The fourth-order valence-corrected chi connectivity index (χ4v) is 4.24. The van der Waals surface area contributed by atoms with Crippen molar-refractivity contribution in [3.63, 3.8) is 0 Å². The van der Waals surface area contributed by atoms with Crippen LogP contribution in [0.3, 0.4) is 0 Å². The van der Waals surface area contributed by atoms with E-state index in [1.54, 1.807) is 6.26 Å². The predicted octanol–water partition coefficient (Wildman–Crippen LogP) is 4.63. The number of allylic oxidation sites excluding steroid dienone is 1. The van der Waals surface area contributed by atoms with Crippen LogP contribution in [-0.2, 0) is 0 Å². The van der Waals surface area contributed by atoms with E-state index < -0.39 is 0 Å². The third-order valence-electron chi connectivity index (χ3n) is 5.15. The van der Waals surface area contributed by atoms with Gasteiger partial charge in [0.1, 0.15) is 5.75 Å². The van der Waals surface area contributed by atoms with Crippen molar-refractivity contribution >= 4 is 6.08 Å². The molecule has 0 radical (unpaired) electrons. The van der Waals surface area contributed by atoms with E-state index >= 15 is 0 Å². The molecular weight excluding hydrogens is 246 g/mol. The zero-order chi connectivity index (χ0) is 13.9. The van der Waals surface area contributed by atoms with Crippen molar-refractivity contribution in [3.05, 3.63) is 35.9 Å². The third kappa shape index (κ3) is 2.45. The van der Waals surface area contributed by atoms with Gasteiger partial charge in [-0.2, -0.15) is 0 Å². The van der Waals surface area contributed by atoms with E-state index in [4.69, 9.17) is 10.00 Å². The highest BCUT2D eigenvalue weighted by molar-refractivity contribution is 5.57. The Labute approximate surface area is 121 Å². The van der Waals surface area contributed by atoms with Crippen molar-refractivity contribution in [1.82, 2.24) is 0 Å². The van der Waals surface area contributed by atoms with Gasteiger partial charge in [0.25, 0.3) is 6.26 Å². The Morgan fingerprint density at radius 1 is 1.25 bits per heavy atom. The van der Waals surface area contributed by atoms with Gasteiger partial charge in [-0.1, -0.05) is 43.7 Å². The fraction of sp³-hybridized carbons (Fsp3) is 0.500. The highest BCUT2D eigenvalue weighted by Gasteiger charge is 2.42. The molecule has 4 atom stereocenters. The molecule has 0 heterocycles. The van der Waals surface area contributed by atoms with E-state index in [-0.39, 0.29) is 0 Å². The van der Waals surface area contributed by atoms with Crippen molar-refractivity contribution in [2.24, 2.45) is 23.7 Å². The molecule has 2 nitrogen and oxygen atoms in total. The van der Waals surface area contributed by atoms with Crippen LogP contribution in [0.1, 0.15) is 38.2 Å². The topological polar surface area (TPSA) is 33.0 Å². The zero-order valence-corrected chi connectivity index (χ0v) is 12.0. The van der Waals surface area contributed by atoms with E-state index in [1.165, 1.54) is 25.7 Å². The van der Waals surface area contributed by atoms with Crippen molar-refractivity contribution in [3.8, 4) is 12.0 Å². The molecule has 1 aromatic carbocycles. The normalized spacial score (nSPS) is 32.2. The lowest BCUT2D eigenvalue weighted by Gasteiger charge is -2.15. The highest BCUT2D eigenvalue weighted by Crippen LogP contribution is 2.51. The van der Waals surface area contributed by atoms with E-state index in [0.29, 0.717) is 11.7 Å². The molecule has 2 saturated carbocycles. The molecule has 0 N–H and O–H groups in total. The first-order chi connectivity index (χ1) is 9.79. The van der Waals surface area contributed by atoms with Crippen LogP contribution >= 0.6 is 0 Å². The number of nitriles is 1. The zero-order valence-electron chi connectivity index (χ0n) is 12.0. The molecule has 0 aliphatic heterocycles. The smallest absolute Gasteiger partial charge is 0.292 e. The molecule has 4 unspecified atom stereocenters. The average Bonchev–Trinajstić information content (AvgIpc) is 3.03. The van der Waals surface area contributed by atoms with Crippen LogP contribution in [0, 0.1) is 35.2 Å². The Kier molecular flexibility index (Phi) is 3.78. The molecule has 20 heavy (non-hydrogen) atoms. The second-order valence-corrected chi connectivity index (χ2v) is 6.23. The van der Waals surface area contributed by atoms with Crippen molar-refractivity contribution in [2.45, 2.75) is 32.6 Å². The number of nitrogens with zero attached hydrogens (tertiary/aromatic N) is 1. The van der Waals surface area contributed by atoms with Crippen LogP contribution in [0.15, 0.2) is 30.3 Å². The number of para-hydroxylation sites is 1. The van der Waals surface area contributed by atoms with E-state index in [9.17, 15) is 0 Å². The maximum atomic E-state index is 8.69. The Morgan fingerprint density at radius 3 is 2.90 bits per heavy atom. The Hall–Kier alpha value is -1.75. The van der Waals surface area contributed by atoms with Gasteiger partial charge in [-0.25, -0.2) is 0 Å². The number of ether oxygens (including phenoxy) is 1. The SMILES string of the molecule is CC1CC(/C=C/c2ccccc2OC#N)C2CCCC12. The average molecular weight is 267 g/mol. The summed E-state index contributed by atoms with van der Waals surface area (Å²) >= 11 is 0. The molecule has 2 fully saturated rings. The first kappa shape index (κ1) is 13.2. The molecule has 0 bridgehead atoms. The fourth-order valence-electron chi connectivity index (χ4n) is 4.24. The molecule has 0 spiro atoms. The molecule has 2 aliphatic carbocycles. The Morgan fingerprint density at radius 2 is 2.05 bits per heavy atom. The van der Waals surface area contributed by atoms with Crippen LogP contribution < -0.4 is 4.74 Å². The summed E-state index contributed by atoms with van der Waals surface area (Å²) in [5, 5.41) is 8.69. The summed E-state index contributed by atoms with van der Waals surface area (Å²) in [5.41, 5.74) is 1.00. The van der Waals surface area contributed by atoms with Crippen LogP contribution in [0.25, 0.3) is 6.08 Å². The summed E-state index contributed by atoms with van der Waals surface area (Å²) in [6, 6.07) is 7.74. The maximum Gasteiger partial charge on any atom is 0.292 e. The van der Waals surface area contributed by atoms with Gasteiger partial charge in [-0.15, -0.1) is 5.26 Å². The number of hydrogen-bond acceptors (Lipinski definition) is 2. The first-order valence-electron chi connectivity index (χ1n) is 7.62. The van der Waals surface area contributed by atoms with Crippen LogP contribution in [0.5, 0.6) is 5.75 Å². The Bertz CT molecular complexity index is 543. The molecule has 1 aromatic rings. The van der Waals surface area contributed by atoms with Crippen LogP contribution in [0.2, 0.25) is 0 Å². The minimum atomic E-state index is 0.653. The minimum absolute atomic E-state index is 0.653. The lowest BCUT2D eigenvalue weighted by molar-refractivity contribution is 0.363. The summed E-state index contributed by atoms with van der Waals surface area (Å²) in [5.74, 6) is 4.04. The van der Waals surface area contributed by atoms with Crippen LogP contribution in [0.4, 0.5) is 0 Å². The summed E-state index contributed by atoms with van der Waals surface area (Å²) in [7, 11) is 0. The highest BCUT2D eigenvalue weighted by atomic mass is 16.5. The monoisotopic (exact) mass is 267 g/mol. The van der Waals surface area contributed by atoms with Gasteiger partial charge in [0.15, 0.2) is 0 Å². The predicted molar refractivity (Wildman–Crippen MR) is 79.8 cm³/mol. The summed E-state index contributed by atoms with van der Waals surface area (Å²) in [6.45, 7) is 2.41. The van der Waals surface area contributed by atoms with Gasteiger partial charge in [-0.05, 0) is 49.0 Å². The van der Waals surface area contributed by atoms with E-state index in [1.807, 2.05) is 24.3 Å².